The molecule has 1 heterocycles. The fourth-order valence-electron chi connectivity index (χ4n) is 2.56. The van der Waals surface area contributed by atoms with Gasteiger partial charge in [-0.1, -0.05) is 60.7 Å². The van der Waals surface area contributed by atoms with Gasteiger partial charge in [0.25, 0.3) is 0 Å². The molecular weight excluding hydrogens is 270 g/mol. The van der Waals surface area contributed by atoms with Gasteiger partial charge in [-0.25, -0.2) is 9.66 Å². The Morgan fingerprint density at radius 3 is 2.09 bits per heavy atom. The molecule has 0 saturated carbocycles. The van der Waals surface area contributed by atoms with E-state index in [-0.39, 0.29) is 0 Å². The number of anilines is 1. The van der Waals surface area contributed by atoms with Crippen LogP contribution in [0.25, 0.3) is 22.4 Å². The second-order valence-electron chi connectivity index (χ2n) is 5.10. The van der Waals surface area contributed by atoms with Crippen molar-refractivity contribution < 1.29 is 0 Å². The first-order valence-electron chi connectivity index (χ1n) is 7.27. The fraction of sp³-hybridized carbons (Fsp3) is 0. The van der Waals surface area contributed by atoms with Crippen molar-refractivity contribution in [2.24, 2.45) is 0 Å². The Balaban J connectivity index is 1.91. The molecule has 0 unspecified atom stereocenters. The number of hydrogen-bond donors (Lipinski definition) is 1. The third-order valence-corrected chi connectivity index (χ3v) is 3.61. The van der Waals surface area contributed by atoms with Gasteiger partial charge in [0.1, 0.15) is 0 Å². The maximum absolute atomic E-state index is 4.78. The summed E-state index contributed by atoms with van der Waals surface area (Å²) in [5.41, 5.74) is 7.60. The lowest BCUT2D eigenvalue weighted by molar-refractivity contribution is 1.000. The molecule has 0 radical (unpaired) electrons. The zero-order chi connectivity index (χ0) is 14.8. The summed E-state index contributed by atoms with van der Waals surface area (Å²) >= 11 is 0. The Labute approximate surface area is 128 Å². The first-order chi connectivity index (χ1) is 10.9. The number of benzene rings is 3. The van der Waals surface area contributed by atoms with Crippen molar-refractivity contribution in [3.05, 3.63) is 84.9 Å². The van der Waals surface area contributed by atoms with Gasteiger partial charge < -0.3 is 0 Å². The Morgan fingerprint density at radius 2 is 1.32 bits per heavy atom. The minimum atomic E-state index is 0.908. The predicted octanol–water partition coefficient (Wildman–Crippen LogP) is 4.58. The molecule has 0 aliphatic rings. The molecule has 3 nitrogen and oxygen atoms in total. The van der Waals surface area contributed by atoms with Crippen LogP contribution in [0.1, 0.15) is 0 Å². The third kappa shape index (κ3) is 2.23. The zero-order valence-corrected chi connectivity index (χ0v) is 12.0. The average molecular weight is 285 g/mol. The standard InChI is InChI=1S/C19H15N3/c1-3-9-15(10-4-1)19-20-17-13-7-8-14-18(17)22(19)21-16-11-5-2-6-12-16/h1-14,21H. The summed E-state index contributed by atoms with van der Waals surface area (Å²) in [4.78, 5) is 4.78. The molecule has 3 heteroatoms. The van der Waals surface area contributed by atoms with Gasteiger partial charge in [-0.2, -0.15) is 0 Å². The number of nitrogens with zero attached hydrogens (tertiary/aromatic N) is 2. The molecule has 106 valence electrons. The highest BCUT2D eigenvalue weighted by molar-refractivity contribution is 5.81. The van der Waals surface area contributed by atoms with Crippen molar-refractivity contribution in [3.63, 3.8) is 0 Å². The Bertz CT molecular complexity index is 896. The van der Waals surface area contributed by atoms with Crippen LogP contribution in [0, 0.1) is 0 Å². The molecule has 4 aromatic rings. The molecule has 0 aliphatic carbocycles. The van der Waals surface area contributed by atoms with Crippen LogP contribution >= 0.6 is 0 Å². The topological polar surface area (TPSA) is 29.9 Å². The highest BCUT2D eigenvalue weighted by Gasteiger charge is 2.12. The van der Waals surface area contributed by atoms with Gasteiger partial charge >= 0.3 is 0 Å². The van der Waals surface area contributed by atoms with Crippen LogP contribution < -0.4 is 5.43 Å². The molecule has 22 heavy (non-hydrogen) atoms. The maximum Gasteiger partial charge on any atom is 0.159 e. The minimum absolute atomic E-state index is 0.908. The Kier molecular flexibility index (Phi) is 3.09. The van der Waals surface area contributed by atoms with Crippen LogP contribution in [-0.4, -0.2) is 9.66 Å². The number of para-hydroxylation sites is 3. The number of rotatable bonds is 3. The van der Waals surface area contributed by atoms with Crippen molar-refractivity contribution in [2.75, 3.05) is 5.43 Å². The zero-order valence-electron chi connectivity index (χ0n) is 12.0. The molecule has 1 N–H and O–H groups in total. The molecular formula is C19H15N3. The van der Waals surface area contributed by atoms with Crippen molar-refractivity contribution in [3.8, 4) is 11.4 Å². The van der Waals surface area contributed by atoms with Crippen LogP contribution in [0.15, 0.2) is 84.9 Å². The van der Waals surface area contributed by atoms with Crippen LogP contribution in [0.2, 0.25) is 0 Å². The lowest BCUT2D eigenvalue weighted by Gasteiger charge is -2.12. The summed E-state index contributed by atoms with van der Waals surface area (Å²) in [7, 11) is 0. The molecule has 3 aromatic carbocycles. The highest BCUT2D eigenvalue weighted by Crippen LogP contribution is 2.24. The van der Waals surface area contributed by atoms with Crippen molar-refractivity contribution in [1.82, 2.24) is 9.66 Å². The molecule has 1 aromatic heterocycles. The van der Waals surface area contributed by atoms with Gasteiger partial charge in [-0.05, 0) is 24.3 Å². The number of imidazole rings is 1. The van der Waals surface area contributed by atoms with Crippen LogP contribution in [0.5, 0.6) is 0 Å². The van der Waals surface area contributed by atoms with E-state index in [0.29, 0.717) is 0 Å². The van der Waals surface area contributed by atoms with Crippen molar-refractivity contribution in [2.45, 2.75) is 0 Å². The number of fused-ring (bicyclic) bond motifs is 1. The smallest absolute Gasteiger partial charge is 0.159 e. The van der Waals surface area contributed by atoms with E-state index in [2.05, 4.69) is 23.6 Å². The van der Waals surface area contributed by atoms with E-state index in [4.69, 9.17) is 4.98 Å². The van der Waals surface area contributed by atoms with E-state index in [9.17, 15) is 0 Å². The SMILES string of the molecule is c1ccc(Nn2c(-c3ccccc3)nc3ccccc32)cc1. The quantitative estimate of drug-likeness (QED) is 0.597. The summed E-state index contributed by atoms with van der Waals surface area (Å²) < 4.78 is 2.04. The lowest BCUT2D eigenvalue weighted by atomic mass is 10.2. The largest absolute Gasteiger partial charge is 0.292 e. The minimum Gasteiger partial charge on any atom is -0.292 e. The molecule has 0 saturated heterocycles. The molecule has 0 aliphatic heterocycles. The molecule has 0 fully saturated rings. The lowest BCUT2D eigenvalue weighted by Crippen LogP contribution is -2.10. The Hall–Kier alpha value is -3.07. The monoisotopic (exact) mass is 285 g/mol. The molecule has 0 amide bonds. The van der Waals surface area contributed by atoms with Crippen LogP contribution in [0.3, 0.4) is 0 Å². The van der Waals surface area contributed by atoms with E-state index in [1.54, 1.807) is 0 Å². The summed E-state index contributed by atoms with van der Waals surface area (Å²) in [5.74, 6) is 0.908. The number of aromatic nitrogens is 2. The summed E-state index contributed by atoms with van der Waals surface area (Å²) in [5, 5.41) is 0. The van der Waals surface area contributed by atoms with E-state index < -0.39 is 0 Å². The molecule has 0 bridgehead atoms. The van der Waals surface area contributed by atoms with E-state index in [0.717, 1.165) is 28.1 Å². The first-order valence-corrected chi connectivity index (χ1v) is 7.27. The second kappa shape index (κ2) is 5.37. The summed E-state index contributed by atoms with van der Waals surface area (Å²) in [6.07, 6.45) is 0. The van der Waals surface area contributed by atoms with Crippen molar-refractivity contribution >= 4 is 16.7 Å². The molecule has 0 spiro atoms. The Morgan fingerprint density at radius 1 is 0.682 bits per heavy atom. The highest BCUT2D eigenvalue weighted by atomic mass is 15.4. The van der Waals surface area contributed by atoms with E-state index in [1.807, 2.05) is 71.4 Å². The fourth-order valence-corrected chi connectivity index (χ4v) is 2.56. The van der Waals surface area contributed by atoms with Gasteiger partial charge in [0, 0.05) is 5.56 Å². The van der Waals surface area contributed by atoms with Gasteiger partial charge in [-0.15, -0.1) is 0 Å². The van der Waals surface area contributed by atoms with Gasteiger partial charge in [-0.3, -0.25) is 5.43 Å². The molecule has 4 rings (SSSR count). The van der Waals surface area contributed by atoms with E-state index >= 15 is 0 Å². The normalized spacial score (nSPS) is 10.7. The van der Waals surface area contributed by atoms with Gasteiger partial charge in [0.15, 0.2) is 5.82 Å². The summed E-state index contributed by atoms with van der Waals surface area (Å²) in [6.45, 7) is 0. The van der Waals surface area contributed by atoms with Gasteiger partial charge in [0.05, 0.1) is 16.7 Å². The van der Waals surface area contributed by atoms with Crippen LogP contribution in [-0.2, 0) is 0 Å². The number of hydrogen-bond acceptors (Lipinski definition) is 2. The molecule has 0 atom stereocenters. The van der Waals surface area contributed by atoms with Crippen LogP contribution in [0.4, 0.5) is 5.69 Å². The number of nitrogens with one attached hydrogen (secondary N) is 1. The average Bonchev–Trinajstić information content (AvgIpc) is 2.95. The van der Waals surface area contributed by atoms with Gasteiger partial charge in [0.2, 0.25) is 0 Å². The predicted molar refractivity (Wildman–Crippen MR) is 90.6 cm³/mol. The van der Waals surface area contributed by atoms with Crippen molar-refractivity contribution in [1.29, 1.82) is 0 Å². The summed E-state index contributed by atoms with van der Waals surface area (Å²) in [6, 6.07) is 28.5. The first kappa shape index (κ1) is 12.7. The third-order valence-electron chi connectivity index (χ3n) is 3.61. The van der Waals surface area contributed by atoms with E-state index in [1.165, 1.54) is 0 Å². The maximum atomic E-state index is 4.78. The second-order valence-corrected chi connectivity index (χ2v) is 5.10.